The first-order valence-corrected chi connectivity index (χ1v) is 10.2. The van der Waals surface area contributed by atoms with Crippen molar-refractivity contribution in [3.63, 3.8) is 0 Å². The maximum Gasteiger partial charge on any atom is 0.315 e. The molecule has 2 aromatic carbocycles. The first kappa shape index (κ1) is 19.3. The summed E-state index contributed by atoms with van der Waals surface area (Å²) in [5.74, 6) is -0.0765. The van der Waals surface area contributed by atoms with E-state index in [9.17, 15) is 4.79 Å². The normalized spacial score (nSPS) is 14.3. The molecule has 27 heavy (non-hydrogen) atoms. The average Bonchev–Trinajstić information content (AvgIpc) is 3.24. The molecule has 0 aliphatic heterocycles. The van der Waals surface area contributed by atoms with E-state index < -0.39 is 0 Å². The number of nitrogens with zero attached hydrogens (tertiary/aromatic N) is 1. The number of hydrogen-bond donors (Lipinski definition) is 0. The van der Waals surface area contributed by atoms with Gasteiger partial charge in [-0.1, -0.05) is 67.6 Å². The molecule has 4 heteroatoms. The maximum absolute atomic E-state index is 12.7. The van der Waals surface area contributed by atoms with Crippen molar-refractivity contribution < 1.29 is 9.53 Å². The molecule has 3 aromatic rings. The molecule has 0 N–H and O–H groups in total. The topological polar surface area (TPSA) is 39.2 Å². The molecule has 0 aliphatic carbocycles. The van der Waals surface area contributed by atoms with Crippen molar-refractivity contribution in [1.82, 2.24) is 4.98 Å². The molecule has 0 radical (unpaired) electrons. The predicted molar refractivity (Wildman–Crippen MR) is 110 cm³/mol. The van der Waals surface area contributed by atoms with Gasteiger partial charge in [-0.25, -0.2) is 4.98 Å². The molecule has 1 aromatic heterocycles. The van der Waals surface area contributed by atoms with Gasteiger partial charge in [0.25, 0.3) is 0 Å². The van der Waals surface area contributed by atoms with E-state index in [1.807, 2.05) is 24.4 Å². The number of benzene rings is 2. The number of thiazole rings is 1. The standard InChI is InChI=1S/C23H25NO2S/c1-3-26-23(25)21(22-24-14-15-27-22)16-20(19-12-8-5-9-13-19)17(2)18-10-6-4-7-11-18/h4-15,17,20-21H,3,16H2,1-2H3. The van der Waals surface area contributed by atoms with Crippen molar-refractivity contribution in [2.24, 2.45) is 0 Å². The van der Waals surface area contributed by atoms with Gasteiger partial charge in [0.05, 0.1) is 6.61 Å². The summed E-state index contributed by atoms with van der Waals surface area (Å²) in [6.07, 6.45) is 2.43. The third-order valence-electron chi connectivity index (χ3n) is 4.97. The van der Waals surface area contributed by atoms with Gasteiger partial charge >= 0.3 is 5.97 Å². The third-order valence-corrected chi connectivity index (χ3v) is 5.86. The Bertz CT molecular complexity index is 818. The summed E-state index contributed by atoms with van der Waals surface area (Å²) in [6.45, 7) is 4.46. The molecule has 0 saturated carbocycles. The van der Waals surface area contributed by atoms with Crippen LogP contribution in [0.4, 0.5) is 0 Å². The summed E-state index contributed by atoms with van der Waals surface area (Å²) < 4.78 is 5.38. The van der Waals surface area contributed by atoms with Crippen molar-refractivity contribution >= 4 is 17.3 Å². The zero-order valence-corrected chi connectivity index (χ0v) is 16.6. The minimum Gasteiger partial charge on any atom is -0.465 e. The minimum absolute atomic E-state index is 0.186. The fourth-order valence-electron chi connectivity index (χ4n) is 3.52. The van der Waals surface area contributed by atoms with Gasteiger partial charge in [0.2, 0.25) is 0 Å². The highest BCUT2D eigenvalue weighted by molar-refractivity contribution is 7.09. The Morgan fingerprint density at radius 3 is 2.22 bits per heavy atom. The van der Waals surface area contributed by atoms with Crippen LogP contribution in [0, 0.1) is 0 Å². The molecule has 0 amide bonds. The smallest absolute Gasteiger partial charge is 0.315 e. The zero-order chi connectivity index (χ0) is 19.1. The minimum atomic E-state index is -0.346. The maximum atomic E-state index is 12.7. The summed E-state index contributed by atoms with van der Waals surface area (Å²) >= 11 is 1.52. The molecule has 0 spiro atoms. The lowest BCUT2D eigenvalue weighted by Crippen LogP contribution is -2.21. The van der Waals surface area contributed by atoms with E-state index in [-0.39, 0.29) is 23.7 Å². The Kier molecular flexibility index (Phi) is 6.77. The molecular formula is C23H25NO2S. The lowest BCUT2D eigenvalue weighted by molar-refractivity contribution is -0.145. The third kappa shape index (κ3) is 4.83. The van der Waals surface area contributed by atoms with E-state index in [1.54, 1.807) is 6.20 Å². The molecule has 3 unspecified atom stereocenters. The van der Waals surface area contributed by atoms with Crippen molar-refractivity contribution in [3.05, 3.63) is 88.4 Å². The van der Waals surface area contributed by atoms with Crippen LogP contribution in [0.3, 0.4) is 0 Å². The Morgan fingerprint density at radius 1 is 1.04 bits per heavy atom. The molecule has 0 aliphatic rings. The van der Waals surface area contributed by atoms with Crippen molar-refractivity contribution in [2.45, 2.75) is 38.0 Å². The van der Waals surface area contributed by atoms with Crippen LogP contribution in [0.25, 0.3) is 0 Å². The van der Waals surface area contributed by atoms with Crippen LogP contribution in [-0.4, -0.2) is 17.6 Å². The zero-order valence-electron chi connectivity index (χ0n) is 15.7. The van der Waals surface area contributed by atoms with Gasteiger partial charge < -0.3 is 4.74 Å². The quantitative estimate of drug-likeness (QED) is 0.467. The van der Waals surface area contributed by atoms with E-state index in [1.165, 1.54) is 22.5 Å². The molecule has 3 rings (SSSR count). The Morgan fingerprint density at radius 2 is 1.67 bits per heavy atom. The first-order chi connectivity index (χ1) is 13.2. The second-order valence-electron chi connectivity index (χ2n) is 6.63. The van der Waals surface area contributed by atoms with E-state index >= 15 is 0 Å². The predicted octanol–water partition coefficient (Wildman–Crippen LogP) is 5.77. The molecule has 140 valence electrons. The Hall–Kier alpha value is -2.46. The summed E-state index contributed by atoms with van der Waals surface area (Å²) in [6, 6.07) is 20.9. The number of ether oxygens (including phenoxy) is 1. The molecule has 3 nitrogen and oxygen atoms in total. The van der Waals surface area contributed by atoms with Crippen molar-refractivity contribution in [1.29, 1.82) is 0 Å². The van der Waals surface area contributed by atoms with Crippen LogP contribution in [0.2, 0.25) is 0 Å². The average molecular weight is 380 g/mol. The number of carbonyl (C=O) groups is 1. The SMILES string of the molecule is CCOC(=O)C(CC(c1ccccc1)C(C)c1ccccc1)c1nccs1. The monoisotopic (exact) mass is 379 g/mol. The number of aromatic nitrogens is 1. The van der Waals surface area contributed by atoms with Gasteiger partial charge in [-0.3, -0.25) is 4.79 Å². The Balaban J connectivity index is 1.95. The largest absolute Gasteiger partial charge is 0.465 e. The Labute approximate surface area is 165 Å². The fraction of sp³-hybridized carbons (Fsp3) is 0.304. The lowest BCUT2D eigenvalue weighted by Gasteiger charge is -2.28. The van der Waals surface area contributed by atoms with Crippen LogP contribution in [-0.2, 0) is 9.53 Å². The fourth-order valence-corrected chi connectivity index (χ4v) is 4.26. The molecule has 0 saturated heterocycles. The lowest BCUT2D eigenvalue weighted by atomic mass is 9.77. The molecule has 0 bridgehead atoms. The van der Waals surface area contributed by atoms with E-state index in [0.717, 1.165) is 5.01 Å². The van der Waals surface area contributed by atoms with E-state index in [4.69, 9.17) is 4.74 Å². The molecule has 3 atom stereocenters. The van der Waals surface area contributed by atoms with Gasteiger partial charge in [0, 0.05) is 11.6 Å². The molecule has 1 heterocycles. The second-order valence-corrected chi connectivity index (χ2v) is 7.55. The second kappa shape index (κ2) is 9.47. The van der Waals surface area contributed by atoms with Crippen LogP contribution >= 0.6 is 11.3 Å². The van der Waals surface area contributed by atoms with E-state index in [0.29, 0.717) is 13.0 Å². The summed E-state index contributed by atoms with van der Waals surface area (Å²) in [5.41, 5.74) is 2.51. The highest BCUT2D eigenvalue weighted by atomic mass is 32.1. The van der Waals surface area contributed by atoms with Gasteiger partial charge in [-0.15, -0.1) is 11.3 Å². The van der Waals surface area contributed by atoms with Gasteiger partial charge in [0.1, 0.15) is 10.9 Å². The number of esters is 1. The van der Waals surface area contributed by atoms with Gasteiger partial charge in [-0.05, 0) is 36.3 Å². The number of rotatable bonds is 8. The molecular weight excluding hydrogens is 354 g/mol. The highest BCUT2D eigenvalue weighted by Crippen LogP contribution is 2.40. The van der Waals surface area contributed by atoms with Gasteiger partial charge in [-0.2, -0.15) is 0 Å². The van der Waals surface area contributed by atoms with Crippen LogP contribution in [0.1, 0.15) is 54.2 Å². The number of carbonyl (C=O) groups excluding carboxylic acids is 1. The first-order valence-electron chi connectivity index (χ1n) is 9.36. The summed E-state index contributed by atoms with van der Waals surface area (Å²) in [7, 11) is 0. The summed E-state index contributed by atoms with van der Waals surface area (Å²) in [5, 5.41) is 2.74. The molecule has 0 fully saturated rings. The van der Waals surface area contributed by atoms with Crippen molar-refractivity contribution in [3.8, 4) is 0 Å². The van der Waals surface area contributed by atoms with E-state index in [2.05, 4.69) is 60.4 Å². The van der Waals surface area contributed by atoms with Crippen LogP contribution in [0.15, 0.2) is 72.2 Å². The summed E-state index contributed by atoms with van der Waals surface area (Å²) in [4.78, 5) is 17.1. The van der Waals surface area contributed by atoms with Crippen molar-refractivity contribution in [2.75, 3.05) is 6.61 Å². The van der Waals surface area contributed by atoms with Crippen LogP contribution < -0.4 is 0 Å². The highest BCUT2D eigenvalue weighted by Gasteiger charge is 2.31. The van der Waals surface area contributed by atoms with Gasteiger partial charge in [0.15, 0.2) is 0 Å². The van der Waals surface area contributed by atoms with Crippen LogP contribution in [0.5, 0.6) is 0 Å². The number of hydrogen-bond acceptors (Lipinski definition) is 4.